The number of ether oxygens (including phenoxy) is 1. The number of rotatable bonds is 3. The first-order valence-electron chi connectivity index (χ1n) is 6.71. The van der Waals surface area contributed by atoms with Gasteiger partial charge in [0.2, 0.25) is 0 Å². The molecule has 2 N–H and O–H groups in total. The van der Waals surface area contributed by atoms with Crippen LogP contribution < -0.4 is 10.6 Å². The maximum Gasteiger partial charge on any atom is 0.330 e. The fourth-order valence-corrected chi connectivity index (χ4v) is 2.55. The average molecular weight is 289 g/mol. The maximum atomic E-state index is 12.2. The zero-order valence-electron chi connectivity index (χ0n) is 11.2. The normalized spacial score (nSPS) is 24.5. The van der Waals surface area contributed by atoms with E-state index >= 15 is 0 Å². The minimum Gasteiger partial charge on any atom is -0.459 e. The molecule has 0 saturated carbocycles. The van der Waals surface area contributed by atoms with Gasteiger partial charge in [-0.15, -0.1) is 0 Å². The van der Waals surface area contributed by atoms with E-state index in [2.05, 4.69) is 10.6 Å². The number of hydrogen-bond acceptors (Lipinski definition) is 5. The number of urea groups is 1. The first-order valence-corrected chi connectivity index (χ1v) is 6.71. The fourth-order valence-electron chi connectivity index (χ4n) is 2.55. The van der Waals surface area contributed by atoms with Crippen LogP contribution in [0.15, 0.2) is 30.3 Å². The largest absolute Gasteiger partial charge is 0.459 e. The second-order valence-electron chi connectivity index (χ2n) is 4.98. The van der Waals surface area contributed by atoms with Crippen LogP contribution in [0.4, 0.5) is 4.79 Å². The topological polar surface area (TPSA) is 87.7 Å². The summed E-state index contributed by atoms with van der Waals surface area (Å²) in [7, 11) is 0. The Morgan fingerprint density at radius 3 is 2.76 bits per heavy atom. The van der Waals surface area contributed by atoms with Crippen molar-refractivity contribution in [3.05, 3.63) is 35.9 Å². The van der Waals surface area contributed by atoms with Gasteiger partial charge in [0.25, 0.3) is 5.91 Å². The van der Waals surface area contributed by atoms with E-state index < -0.39 is 24.1 Å². The van der Waals surface area contributed by atoms with Gasteiger partial charge >= 0.3 is 12.0 Å². The summed E-state index contributed by atoms with van der Waals surface area (Å²) in [5.41, 5.74) is 0.869. The number of nitrogens with zero attached hydrogens (tertiary/aromatic N) is 1. The van der Waals surface area contributed by atoms with Crippen LogP contribution in [-0.4, -0.2) is 48.0 Å². The molecule has 7 heteroatoms. The Labute approximate surface area is 121 Å². The number of piperazine rings is 1. The molecule has 0 spiro atoms. The van der Waals surface area contributed by atoms with Gasteiger partial charge in [-0.3, -0.25) is 15.0 Å². The summed E-state index contributed by atoms with van der Waals surface area (Å²) in [6.45, 7) is 0.773. The highest BCUT2D eigenvalue weighted by molar-refractivity contribution is 6.06. The van der Waals surface area contributed by atoms with E-state index in [4.69, 9.17) is 4.74 Å². The van der Waals surface area contributed by atoms with E-state index in [0.717, 1.165) is 5.56 Å². The van der Waals surface area contributed by atoms with Gasteiger partial charge in [0.1, 0.15) is 18.7 Å². The lowest BCUT2D eigenvalue weighted by Crippen LogP contribution is -2.60. The summed E-state index contributed by atoms with van der Waals surface area (Å²) in [6, 6.07) is 7.33. The van der Waals surface area contributed by atoms with Crippen molar-refractivity contribution in [3.8, 4) is 0 Å². The molecule has 2 aliphatic heterocycles. The minimum absolute atomic E-state index is 0.143. The van der Waals surface area contributed by atoms with Crippen molar-refractivity contribution in [2.75, 3.05) is 13.1 Å². The van der Waals surface area contributed by atoms with E-state index in [1.54, 1.807) is 0 Å². The molecule has 7 nitrogen and oxygen atoms in total. The third-order valence-corrected chi connectivity index (χ3v) is 3.61. The summed E-state index contributed by atoms with van der Waals surface area (Å²) in [5, 5.41) is 5.20. The molecule has 3 rings (SSSR count). The molecule has 1 aromatic rings. The number of hydrogen-bond donors (Lipinski definition) is 2. The molecule has 0 aliphatic carbocycles. The van der Waals surface area contributed by atoms with Crippen molar-refractivity contribution < 1.29 is 19.1 Å². The van der Waals surface area contributed by atoms with Crippen LogP contribution in [0, 0.1) is 0 Å². The number of carbonyl (C=O) groups is 3. The Morgan fingerprint density at radius 2 is 2.00 bits per heavy atom. The van der Waals surface area contributed by atoms with Crippen LogP contribution in [0.25, 0.3) is 0 Å². The SMILES string of the molecule is O=C1NC(=O)N2C1CNCC2C(=O)OCc1ccccc1. The molecule has 0 bridgehead atoms. The predicted molar refractivity (Wildman–Crippen MR) is 72.1 cm³/mol. The molecule has 3 amide bonds. The summed E-state index contributed by atoms with van der Waals surface area (Å²) in [4.78, 5) is 36.8. The Morgan fingerprint density at radius 1 is 1.24 bits per heavy atom. The quantitative estimate of drug-likeness (QED) is 0.585. The smallest absolute Gasteiger partial charge is 0.330 e. The van der Waals surface area contributed by atoms with Gasteiger partial charge in [-0.05, 0) is 5.56 Å². The molecule has 2 aliphatic rings. The van der Waals surface area contributed by atoms with E-state index in [-0.39, 0.29) is 19.1 Å². The van der Waals surface area contributed by atoms with Gasteiger partial charge in [0, 0.05) is 13.1 Å². The molecule has 1 aromatic carbocycles. The minimum atomic E-state index is -0.779. The van der Waals surface area contributed by atoms with Gasteiger partial charge in [-0.25, -0.2) is 9.59 Å². The molecule has 2 heterocycles. The Bertz CT molecular complexity index is 575. The second kappa shape index (κ2) is 5.53. The number of fused-ring (bicyclic) bond motifs is 1. The lowest BCUT2D eigenvalue weighted by Gasteiger charge is -2.34. The second-order valence-corrected chi connectivity index (χ2v) is 4.98. The number of nitrogens with one attached hydrogen (secondary N) is 2. The highest BCUT2D eigenvalue weighted by Gasteiger charge is 2.47. The zero-order chi connectivity index (χ0) is 14.8. The lowest BCUT2D eigenvalue weighted by molar-refractivity contribution is -0.151. The van der Waals surface area contributed by atoms with Crippen LogP contribution in [0.1, 0.15) is 5.56 Å². The zero-order valence-corrected chi connectivity index (χ0v) is 11.2. The fraction of sp³-hybridized carbons (Fsp3) is 0.357. The highest BCUT2D eigenvalue weighted by atomic mass is 16.5. The standard InChI is InChI=1S/C14H15N3O4/c18-12-10-6-15-7-11(17(10)14(20)16-12)13(19)21-8-9-4-2-1-3-5-9/h1-5,10-11,15H,6-8H2,(H,16,18,20). The summed E-state index contributed by atoms with van der Waals surface area (Å²) in [6.07, 6.45) is 0. The summed E-state index contributed by atoms with van der Waals surface area (Å²) >= 11 is 0. The number of imide groups is 1. The molecular formula is C14H15N3O4. The van der Waals surface area contributed by atoms with Crippen LogP contribution in [0.5, 0.6) is 0 Å². The number of benzene rings is 1. The van der Waals surface area contributed by atoms with Crippen molar-refractivity contribution in [3.63, 3.8) is 0 Å². The van der Waals surface area contributed by atoms with Gasteiger partial charge < -0.3 is 10.1 Å². The van der Waals surface area contributed by atoms with Crippen LogP contribution in [-0.2, 0) is 20.9 Å². The van der Waals surface area contributed by atoms with Crippen molar-refractivity contribution in [1.82, 2.24) is 15.5 Å². The number of amides is 3. The average Bonchev–Trinajstić information content (AvgIpc) is 2.81. The molecule has 2 fully saturated rings. The Balaban J connectivity index is 1.66. The molecule has 110 valence electrons. The van der Waals surface area contributed by atoms with Crippen LogP contribution in [0.3, 0.4) is 0 Å². The third kappa shape index (κ3) is 2.59. The van der Waals surface area contributed by atoms with Crippen molar-refractivity contribution in [1.29, 1.82) is 0 Å². The van der Waals surface area contributed by atoms with E-state index in [1.807, 2.05) is 30.3 Å². The van der Waals surface area contributed by atoms with Gasteiger partial charge in [0.05, 0.1) is 0 Å². The Kier molecular flexibility index (Phi) is 3.57. The molecule has 2 saturated heterocycles. The number of esters is 1. The predicted octanol–water partition coefficient (Wildman–Crippen LogP) is -0.378. The molecule has 0 aromatic heterocycles. The monoisotopic (exact) mass is 289 g/mol. The molecule has 21 heavy (non-hydrogen) atoms. The van der Waals surface area contributed by atoms with E-state index in [9.17, 15) is 14.4 Å². The highest BCUT2D eigenvalue weighted by Crippen LogP contribution is 2.17. The lowest BCUT2D eigenvalue weighted by atomic mass is 10.1. The van der Waals surface area contributed by atoms with Crippen LogP contribution >= 0.6 is 0 Å². The molecule has 2 unspecified atom stereocenters. The first kappa shape index (κ1) is 13.6. The molecule has 2 atom stereocenters. The van der Waals surface area contributed by atoms with Crippen molar-refractivity contribution >= 4 is 17.9 Å². The number of carbonyl (C=O) groups excluding carboxylic acids is 3. The summed E-state index contributed by atoms with van der Waals surface area (Å²) < 4.78 is 5.25. The summed E-state index contributed by atoms with van der Waals surface area (Å²) in [5.74, 6) is -0.894. The van der Waals surface area contributed by atoms with Crippen LogP contribution in [0.2, 0.25) is 0 Å². The third-order valence-electron chi connectivity index (χ3n) is 3.61. The maximum absolute atomic E-state index is 12.2. The first-order chi connectivity index (χ1) is 10.2. The van der Waals surface area contributed by atoms with E-state index in [1.165, 1.54) is 4.90 Å². The van der Waals surface area contributed by atoms with Gasteiger partial charge in [-0.1, -0.05) is 30.3 Å². The van der Waals surface area contributed by atoms with Crippen molar-refractivity contribution in [2.45, 2.75) is 18.7 Å². The van der Waals surface area contributed by atoms with Gasteiger partial charge in [-0.2, -0.15) is 0 Å². The van der Waals surface area contributed by atoms with Gasteiger partial charge in [0.15, 0.2) is 0 Å². The van der Waals surface area contributed by atoms with E-state index in [0.29, 0.717) is 6.54 Å². The molecule has 0 radical (unpaired) electrons. The van der Waals surface area contributed by atoms with Crippen molar-refractivity contribution in [2.24, 2.45) is 0 Å². The Hall–Kier alpha value is -2.41. The molecular weight excluding hydrogens is 274 g/mol.